The topological polar surface area (TPSA) is 69.6 Å². The maximum Gasteiger partial charge on any atom is 0.191 e. The van der Waals surface area contributed by atoms with E-state index in [4.69, 9.17) is 5.73 Å². The SMILES string of the molecule is CSc1cc(N)nc(SC(C)c2cc3ccn(C)c3cn2)n1. The Morgan fingerprint density at radius 1 is 1.27 bits per heavy atom. The van der Waals surface area contributed by atoms with Gasteiger partial charge in [-0.2, -0.15) is 0 Å². The van der Waals surface area contributed by atoms with Crippen molar-refractivity contribution in [3.63, 3.8) is 0 Å². The molecule has 0 saturated heterocycles. The van der Waals surface area contributed by atoms with Gasteiger partial charge in [0.05, 0.1) is 22.7 Å². The second kappa shape index (κ2) is 6.18. The third-order valence-corrected chi connectivity index (χ3v) is 5.02. The number of aromatic nitrogens is 4. The first-order valence-electron chi connectivity index (χ1n) is 6.83. The van der Waals surface area contributed by atoms with E-state index in [1.54, 1.807) is 29.6 Å². The molecule has 114 valence electrons. The standard InChI is InChI=1S/C15H17N5S2/c1-9(22-15-18-13(16)7-14(19-15)21-3)11-6-10-4-5-20(2)12(10)8-17-11/h4-9H,1-3H3,(H2,16,18,19). The molecule has 22 heavy (non-hydrogen) atoms. The molecule has 5 nitrogen and oxygen atoms in total. The van der Waals surface area contributed by atoms with Gasteiger partial charge >= 0.3 is 0 Å². The molecule has 0 aliphatic rings. The number of hydrogen-bond acceptors (Lipinski definition) is 6. The minimum Gasteiger partial charge on any atom is -0.384 e. The maximum atomic E-state index is 5.83. The Kier molecular flexibility index (Phi) is 4.26. The van der Waals surface area contributed by atoms with Crippen LogP contribution in [0.5, 0.6) is 0 Å². The Labute approximate surface area is 137 Å². The summed E-state index contributed by atoms with van der Waals surface area (Å²) >= 11 is 3.13. The van der Waals surface area contributed by atoms with E-state index in [1.807, 2.05) is 25.7 Å². The number of pyridine rings is 1. The number of thioether (sulfide) groups is 2. The molecule has 1 atom stereocenters. The first-order chi connectivity index (χ1) is 10.6. The Bertz CT molecular complexity index is 815. The normalized spacial score (nSPS) is 12.7. The van der Waals surface area contributed by atoms with E-state index in [0.717, 1.165) is 16.2 Å². The summed E-state index contributed by atoms with van der Waals surface area (Å²) in [6.07, 6.45) is 5.93. The molecule has 3 aromatic heterocycles. The van der Waals surface area contributed by atoms with Crippen LogP contribution >= 0.6 is 23.5 Å². The van der Waals surface area contributed by atoms with E-state index < -0.39 is 0 Å². The zero-order valence-electron chi connectivity index (χ0n) is 12.6. The van der Waals surface area contributed by atoms with E-state index in [9.17, 15) is 0 Å². The minimum absolute atomic E-state index is 0.154. The molecule has 3 aromatic rings. The molecule has 0 aromatic carbocycles. The second-order valence-electron chi connectivity index (χ2n) is 4.97. The van der Waals surface area contributed by atoms with Crippen molar-refractivity contribution in [3.05, 3.63) is 36.3 Å². The monoisotopic (exact) mass is 331 g/mol. The first-order valence-corrected chi connectivity index (χ1v) is 8.93. The molecule has 3 heterocycles. The number of nitrogens with two attached hydrogens (primary N) is 1. The van der Waals surface area contributed by atoms with Crippen LogP contribution < -0.4 is 5.73 Å². The van der Waals surface area contributed by atoms with Crippen molar-refractivity contribution in [3.8, 4) is 0 Å². The average Bonchev–Trinajstić information content (AvgIpc) is 2.87. The van der Waals surface area contributed by atoms with Crippen LogP contribution in [0.4, 0.5) is 5.82 Å². The lowest BCUT2D eigenvalue weighted by Gasteiger charge is -2.11. The smallest absolute Gasteiger partial charge is 0.191 e. The van der Waals surface area contributed by atoms with Crippen molar-refractivity contribution in [2.24, 2.45) is 7.05 Å². The summed E-state index contributed by atoms with van der Waals surface area (Å²) in [6.45, 7) is 2.10. The minimum atomic E-state index is 0.154. The van der Waals surface area contributed by atoms with Gasteiger partial charge in [-0.3, -0.25) is 4.98 Å². The lowest BCUT2D eigenvalue weighted by Crippen LogP contribution is -1.99. The fourth-order valence-electron chi connectivity index (χ4n) is 2.20. The zero-order valence-corrected chi connectivity index (χ0v) is 14.3. The molecule has 0 aliphatic carbocycles. The fraction of sp³-hybridized carbons (Fsp3) is 0.267. The van der Waals surface area contributed by atoms with Crippen LogP contribution in [0.1, 0.15) is 17.9 Å². The predicted octanol–water partition coefficient (Wildman–Crippen LogP) is 3.52. The van der Waals surface area contributed by atoms with Gasteiger partial charge in [-0.05, 0) is 25.3 Å². The summed E-state index contributed by atoms with van der Waals surface area (Å²) in [5.41, 5.74) is 7.98. The molecule has 0 radical (unpaired) electrons. The molecule has 7 heteroatoms. The number of nitrogen functional groups attached to an aromatic ring is 1. The fourth-order valence-corrected chi connectivity index (χ4v) is 3.55. The van der Waals surface area contributed by atoms with Crippen LogP contribution in [-0.2, 0) is 7.05 Å². The maximum absolute atomic E-state index is 5.83. The van der Waals surface area contributed by atoms with Gasteiger partial charge in [-0.25, -0.2) is 9.97 Å². The van der Waals surface area contributed by atoms with Crippen molar-refractivity contribution < 1.29 is 0 Å². The van der Waals surface area contributed by atoms with Gasteiger partial charge < -0.3 is 10.3 Å². The summed E-state index contributed by atoms with van der Waals surface area (Å²) in [4.78, 5) is 13.4. The molecular formula is C15H17N5S2. The van der Waals surface area contributed by atoms with E-state index in [0.29, 0.717) is 11.0 Å². The number of aryl methyl sites for hydroxylation is 1. The van der Waals surface area contributed by atoms with Gasteiger partial charge in [0.15, 0.2) is 5.16 Å². The average molecular weight is 331 g/mol. The van der Waals surface area contributed by atoms with Crippen LogP contribution in [-0.4, -0.2) is 25.8 Å². The number of fused-ring (bicyclic) bond motifs is 1. The van der Waals surface area contributed by atoms with Crippen molar-refractivity contribution >= 4 is 40.2 Å². The Balaban J connectivity index is 1.86. The first kappa shape index (κ1) is 15.2. The summed E-state index contributed by atoms with van der Waals surface area (Å²) in [5, 5.41) is 2.92. The number of hydrogen-bond donors (Lipinski definition) is 1. The van der Waals surface area contributed by atoms with Crippen LogP contribution in [0.2, 0.25) is 0 Å². The molecule has 0 saturated carbocycles. The summed E-state index contributed by atoms with van der Waals surface area (Å²) in [7, 11) is 2.02. The summed E-state index contributed by atoms with van der Waals surface area (Å²) < 4.78 is 2.07. The predicted molar refractivity (Wildman–Crippen MR) is 93.2 cm³/mol. The Hall–Kier alpha value is -1.73. The Morgan fingerprint density at radius 3 is 2.86 bits per heavy atom. The lowest BCUT2D eigenvalue weighted by molar-refractivity contribution is 0.888. The Morgan fingerprint density at radius 2 is 2.09 bits per heavy atom. The van der Waals surface area contributed by atoms with Crippen LogP contribution in [0.15, 0.2) is 40.8 Å². The van der Waals surface area contributed by atoms with Crippen molar-refractivity contribution in [2.45, 2.75) is 22.4 Å². The van der Waals surface area contributed by atoms with Gasteiger partial charge in [-0.15, -0.1) is 11.8 Å². The highest BCUT2D eigenvalue weighted by molar-refractivity contribution is 7.99. The molecule has 0 amide bonds. The highest BCUT2D eigenvalue weighted by Crippen LogP contribution is 2.34. The van der Waals surface area contributed by atoms with E-state index >= 15 is 0 Å². The molecule has 1 unspecified atom stereocenters. The number of nitrogens with zero attached hydrogens (tertiary/aromatic N) is 4. The lowest BCUT2D eigenvalue weighted by atomic mass is 10.2. The second-order valence-corrected chi connectivity index (χ2v) is 7.11. The largest absolute Gasteiger partial charge is 0.384 e. The summed E-state index contributed by atoms with van der Waals surface area (Å²) in [5.74, 6) is 0.500. The van der Waals surface area contributed by atoms with E-state index in [1.165, 1.54) is 5.39 Å². The van der Waals surface area contributed by atoms with E-state index in [-0.39, 0.29) is 5.25 Å². The zero-order chi connectivity index (χ0) is 15.7. The molecule has 0 fully saturated rings. The molecule has 0 spiro atoms. The van der Waals surface area contributed by atoms with Crippen LogP contribution in [0, 0.1) is 0 Å². The van der Waals surface area contributed by atoms with E-state index in [2.05, 4.69) is 38.6 Å². The number of anilines is 1. The van der Waals surface area contributed by atoms with Crippen molar-refractivity contribution in [1.29, 1.82) is 0 Å². The van der Waals surface area contributed by atoms with Crippen molar-refractivity contribution in [2.75, 3.05) is 12.0 Å². The van der Waals surface area contributed by atoms with Gasteiger partial charge in [0, 0.05) is 24.7 Å². The van der Waals surface area contributed by atoms with Crippen molar-refractivity contribution in [1.82, 2.24) is 19.5 Å². The summed E-state index contributed by atoms with van der Waals surface area (Å²) in [6, 6.07) is 6.00. The highest BCUT2D eigenvalue weighted by atomic mass is 32.2. The highest BCUT2D eigenvalue weighted by Gasteiger charge is 2.13. The van der Waals surface area contributed by atoms with Gasteiger partial charge in [0.2, 0.25) is 0 Å². The third kappa shape index (κ3) is 3.05. The third-order valence-electron chi connectivity index (χ3n) is 3.40. The van der Waals surface area contributed by atoms with Crippen LogP contribution in [0.25, 0.3) is 10.9 Å². The van der Waals surface area contributed by atoms with Crippen LogP contribution in [0.3, 0.4) is 0 Å². The molecule has 3 rings (SSSR count). The quantitative estimate of drug-likeness (QED) is 0.448. The van der Waals surface area contributed by atoms with Gasteiger partial charge in [0.25, 0.3) is 0 Å². The number of rotatable bonds is 4. The van der Waals surface area contributed by atoms with Gasteiger partial charge in [0.1, 0.15) is 10.8 Å². The molecule has 0 aliphatic heterocycles. The van der Waals surface area contributed by atoms with Gasteiger partial charge in [-0.1, -0.05) is 11.8 Å². The molecule has 0 bridgehead atoms. The molecule has 2 N–H and O–H groups in total. The molecular weight excluding hydrogens is 314 g/mol.